The predicted octanol–water partition coefficient (Wildman–Crippen LogP) is 17.3. The molecule has 9 heteroatoms. The predicted molar refractivity (Wildman–Crippen MR) is 222 cm³/mol. The van der Waals surface area contributed by atoms with Crippen LogP contribution in [0.1, 0.15) is 101 Å². The molecule has 0 spiro atoms. The van der Waals surface area contributed by atoms with Crippen LogP contribution in [0.4, 0.5) is 0 Å². The summed E-state index contributed by atoms with van der Waals surface area (Å²) in [6, 6.07) is 5.16. The van der Waals surface area contributed by atoms with Gasteiger partial charge in [-0.25, -0.2) is 0 Å². The average Bonchev–Trinajstić information content (AvgIpc) is 3.86. The Morgan fingerprint density at radius 2 is 0.644 bits per heavy atom. The lowest BCUT2D eigenvalue weighted by molar-refractivity contribution is 0.609. The van der Waals surface area contributed by atoms with Crippen molar-refractivity contribution in [2.75, 3.05) is 0 Å². The van der Waals surface area contributed by atoms with E-state index >= 15 is 0 Å². The molecule has 0 radical (unpaired) electrons. The standard InChI is InChI=1S/C36H36S9/c1-3-5-7-9-11-13-15-19-17-21-23-25-27-28-26-24-22-18-20(16-14-12-10-8-6-4-2)38-30(22)40-32(24)42-34(26)44-36(28)45-35(27)43-33(25)41-31(23)39-29(21)37-19/h17-18H,3-16H2,1-2H3. The molecule has 0 saturated heterocycles. The van der Waals surface area contributed by atoms with Gasteiger partial charge in [-0.1, -0.05) is 78.1 Å². The lowest BCUT2D eigenvalue weighted by Gasteiger charge is -1.99. The van der Waals surface area contributed by atoms with E-state index in [-0.39, 0.29) is 0 Å². The number of rotatable bonds is 14. The molecule has 9 aromatic rings. The van der Waals surface area contributed by atoms with Crippen LogP contribution < -0.4 is 0 Å². The van der Waals surface area contributed by atoms with Crippen molar-refractivity contribution in [1.82, 2.24) is 0 Å². The summed E-state index contributed by atoms with van der Waals surface area (Å²) in [4.78, 5) is 3.20. The van der Waals surface area contributed by atoms with Crippen molar-refractivity contribution in [2.45, 2.75) is 104 Å². The number of hydrogen-bond donors (Lipinski definition) is 0. The van der Waals surface area contributed by atoms with Crippen molar-refractivity contribution in [3.05, 3.63) is 21.9 Å². The molecule has 0 aliphatic carbocycles. The maximum atomic E-state index is 2.58. The van der Waals surface area contributed by atoms with Gasteiger partial charge in [0.05, 0.1) is 32.1 Å². The summed E-state index contributed by atoms with van der Waals surface area (Å²) in [5.41, 5.74) is 0. The topological polar surface area (TPSA) is 0 Å². The van der Waals surface area contributed by atoms with Crippen molar-refractivity contribution in [3.63, 3.8) is 0 Å². The molecule has 9 aromatic heterocycles. The van der Waals surface area contributed by atoms with E-state index in [9.17, 15) is 0 Å². The van der Waals surface area contributed by atoms with Gasteiger partial charge in [0, 0.05) is 52.8 Å². The number of thiophene rings is 9. The fourth-order valence-corrected chi connectivity index (χ4v) is 21.0. The first-order valence-corrected chi connectivity index (χ1v) is 24.0. The van der Waals surface area contributed by atoms with Gasteiger partial charge in [-0.05, 0) is 37.8 Å². The van der Waals surface area contributed by atoms with Crippen LogP contribution in [0.25, 0.3) is 75.2 Å². The highest BCUT2D eigenvalue weighted by Gasteiger charge is 2.26. The molecule has 0 fully saturated rings. The molecular weight excluding hydrogens is 721 g/mol. The largest absolute Gasteiger partial charge is 0.129 e. The second-order valence-electron chi connectivity index (χ2n) is 12.6. The van der Waals surface area contributed by atoms with Crippen LogP contribution >= 0.6 is 102 Å². The van der Waals surface area contributed by atoms with Gasteiger partial charge in [0.1, 0.15) is 0 Å². The van der Waals surface area contributed by atoms with Crippen molar-refractivity contribution in [3.8, 4) is 0 Å². The van der Waals surface area contributed by atoms with E-state index in [1.165, 1.54) is 89.9 Å². The maximum Gasteiger partial charge on any atom is 0.0908 e. The zero-order chi connectivity index (χ0) is 30.1. The van der Waals surface area contributed by atoms with Gasteiger partial charge >= 0.3 is 0 Å². The molecule has 9 heterocycles. The number of hydrogen-bond acceptors (Lipinski definition) is 9. The van der Waals surface area contributed by atoms with Crippen LogP contribution in [0.3, 0.4) is 0 Å². The zero-order valence-electron chi connectivity index (χ0n) is 25.7. The van der Waals surface area contributed by atoms with E-state index in [2.05, 4.69) is 128 Å². The Hall–Kier alpha value is -0.620. The van der Waals surface area contributed by atoms with E-state index < -0.39 is 0 Å². The summed E-state index contributed by atoms with van der Waals surface area (Å²) in [5, 5.41) is 12.6. The average molecular weight is 757 g/mol. The fourth-order valence-electron chi connectivity index (χ4n) is 7.09. The Bertz CT molecular complexity index is 2260. The molecular formula is C36H36S9. The van der Waals surface area contributed by atoms with E-state index in [4.69, 9.17) is 0 Å². The summed E-state index contributed by atoms with van der Waals surface area (Å²) < 4.78 is 12.4. The number of aryl methyl sites for hydroxylation is 2. The van der Waals surface area contributed by atoms with Crippen molar-refractivity contribution < 1.29 is 0 Å². The third-order valence-electron chi connectivity index (χ3n) is 9.36. The zero-order valence-corrected chi connectivity index (χ0v) is 33.1. The van der Waals surface area contributed by atoms with Crippen molar-refractivity contribution in [1.29, 1.82) is 0 Å². The van der Waals surface area contributed by atoms with Gasteiger partial charge in [-0.2, -0.15) is 0 Å². The van der Waals surface area contributed by atoms with Gasteiger partial charge in [-0.15, -0.1) is 102 Å². The fraction of sp³-hybridized carbons (Fsp3) is 0.444. The third-order valence-corrected chi connectivity index (χ3v) is 20.8. The Labute approximate surface area is 299 Å². The molecule has 0 aromatic carbocycles. The molecule has 0 amide bonds. The second-order valence-corrected chi connectivity index (χ2v) is 24.0. The van der Waals surface area contributed by atoms with Gasteiger partial charge in [0.15, 0.2) is 0 Å². The quantitative estimate of drug-likeness (QED) is 0.0970. The van der Waals surface area contributed by atoms with Gasteiger partial charge in [0.2, 0.25) is 0 Å². The molecule has 45 heavy (non-hydrogen) atoms. The summed E-state index contributed by atoms with van der Waals surface area (Å²) >= 11 is 18.6. The Balaban J connectivity index is 1.12. The maximum absolute atomic E-state index is 2.58. The van der Waals surface area contributed by atoms with Crippen LogP contribution in [0.2, 0.25) is 0 Å². The minimum absolute atomic E-state index is 1.25. The van der Waals surface area contributed by atoms with Crippen molar-refractivity contribution >= 4 is 177 Å². The van der Waals surface area contributed by atoms with Crippen LogP contribution in [0.5, 0.6) is 0 Å². The van der Waals surface area contributed by atoms with E-state index in [0.29, 0.717) is 0 Å². The van der Waals surface area contributed by atoms with Crippen LogP contribution in [0.15, 0.2) is 12.1 Å². The normalized spacial score (nSPS) is 13.0. The molecule has 9 rings (SSSR count). The summed E-state index contributed by atoms with van der Waals surface area (Å²) in [6.45, 7) is 4.62. The van der Waals surface area contributed by atoms with E-state index in [1.807, 2.05) is 0 Å². The minimum Gasteiger partial charge on any atom is -0.129 e. The lowest BCUT2D eigenvalue weighted by atomic mass is 10.1. The van der Waals surface area contributed by atoms with Crippen molar-refractivity contribution in [2.24, 2.45) is 0 Å². The smallest absolute Gasteiger partial charge is 0.0908 e. The molecule has 0 N–H and O–H groups in total. The van der Waals surface area contributed by atoms with Gasteiger partial charge in [0.25, 0.3) is 0 Å². The molecule has 0 saturated carbocycles. The summed E-state index contributed by atoms with van der Waals surface area (Å²) in [7, 11) is 0. The first-order chi connectivity index (χ1) is 22.2. The first-order valence-electron chi connectivity index (χ1n) is 16.7. The molecule has 234 valence electrons. The van der Waals surface area contributed by atoms with Crippen LogP contribution in [0, 0.1) is 0 Å². The Morgan fingerprint density at radius 3 is 1.04 bits per heavy atom. The number of fused-ring (bicyclic) bond motifs is 15. The Morgan fingerprint density at radius 1 is 0.333 bits per heavy atom. The first kappa shape index (κ1) is 30.4. The SMILES string of the molecule is CCCCCCCCc1cc2c(s1)sc1sc3sc4sc5sc6sc7sc8sc(CCCCCCCC)cc8c7c6c5c4c3c12. The highest BCUT2D eigenvalue weighted by atomic mass is 32.2. The minimum atomic E-state index is 1.25. The van der Waals surface area contributed by atoms with Gasteiger partial charge < -0.3 is 0 Å². The van der Waals surface area contributed by atoms with E-state index in [0.717, 1.165) is 0 Å². The lowest BCUT2D eigenvalue weighted by Crippen LogP contribution is -1.82. The monoisotopic (exact) mass is 756 g/mol. The summed E-state index contributed by atoms with van der Waals surface area (Å²) in [5.74, 6) is 0. The summed E-state index contributed by atoms with van der Waals surface area (Å²) in [6.07, 6.45) is 19.0. The third kappa shape index (κ3) is 5.21. The molecule has 0 aliphatic heterocycles. The highest BCUT2D eigenvalue weighted by Crippen LogP contribution is 2.60. The highest BCUT2D eigenvalue weighted by molar-refractivity contribution is 7.62. The molecule has 0 bridgehead atoms. The number of unbranched alkanes of at least 4 members (excludes halogenated alkanes) is 10. The molecule has 0 atom stereocenters. The van der Waals surface area contributed by atoms with Gasteiger partial charge in [-0.3, -0.25) is 0 Å². The second kappa shape index (κ2) is 12.7. The van der Waals surface area contributed by atoms with Crippen LogP contribution in [-0.2, 0) is 12.8 Å². The van der Waals surface area contributed by atoms with E-state index in [1.54, 1.807) is 85.0 Å². The molecule has 0 unspecified atom stereocenters. The van der Waals surface area contributed by atoms with Crippen LogP contribution in [-0.4, -0.2) is 0 Å². The molecule has 0 aliphatic rings. The Kier molecular flexibility index (Phi) is 8.58. The molecule has 0 nitrogen and oxygen atoms in total.